The number of ether oxygens (including phenoxy) is 1. The number of aryl methyl sites for hydroxylation is 1. The van der Waals surface area contributed by atoms with E-state index in [1.807, 2.05) is 0 Å². The second-order valence-electron chi connectivity index (χ2n) is 6.32. The fourth-order valence-electron chi connectivity index (χ4n) is 2.95. The van der Waals surface area contributed by atoms with Crippen molar-refractivity contribution in [2.75, 3.05) is 26.2 Å². The predicted molar refractivity (Wildman–Crippen MR) is 96.6 cm³/mol. The van der Waals surface area contributed by atoms with Gasteiger partial charge in [0.05, 0.1) is 18.3 Å². The van der Waals surface area contributed by atoms with Gasteiger partial charge in [-0.2, -0.15) is 13.2 Å². The number of thiazole rings is 1. The van der Waals surface area contributed by atoms with Gasteiger partial charge in [-0.05, 0) is 25.5 Å². The molecule has 3 rings (SSSR count). The van der Waals surface area contributed by atoms with E-state index in [4.69, 9.17) is 10.5 Å². The molecule has 0 saturated carbocycles. The van der Waals surface area contributed by atoms with Crippen molar-refractivity contribution < 1.29 is 22.7 Å². The third-order valence-electron chi connectivity index (χ3n) is 4.36. The van der Waals surface area contributed by atoms with Crippen LogP contribution >= 0.6 is 11.3 Å². The molecular weight excluding hydrogens is 379 g/mol. The molecule has 0 radical (unpaired) electrons. The molecule has 27 heavy (non-hydrogen) atoms. The molecule has 2 aromatic rings. The van der Waals surface area contributed by atoms with E-state index in [1.165, 1.54) is 23.5 Å². The molecule has 2 heterocycles. The molecule has 5 nitrogen and oxygen atoms in total. The summed E-state index contributed by atoms with van der Waals surface area (Å²) in [5.74, 6) is -0.180. The van der Waals surface area contributed by atoms with Gasteiger partial charge in [-0.1, -0.05) is 12.1 Å². The van der Waals surface area contributed by atoms with E-state index >= 15 is 0 Å². The lowest BCUT2D eigenvalue weighted by atomic mass is 10.1. The highest BCUT2D eigenvalue weighted by molar-refractivity contribution is 7.15. The van der Waals surface area contributed by atoms with Gasteiger partial charge >= 0.3 is 6.18 Å². The van der Waals surface area contributed by atoms with Gasteiger partial charge in [0.25, 0.3) is 5.91 Å². The minimum absolute atomic E-state index is 0.0224. The molecule has 1 saturated heterocycles. The second kappa shape index (κ2) is 7.95. The number of benzene rings is 1. The molecule has 0 spiro atoms. The number of nitrogens with zero attached hydrogens (tertiary/aromatic N) is 2. The lowest BCUT2D eigenvalue weighted by molar-refractivity contribution is -0.137. The van der Waals surface area contributed by atoms with Crippen LogP contribution in [0.1, 0.15) is 27.3 Å². The first-order valence-electron chi connectivity index (χ1n) is 8.55. The Labute approximate surface area is 158 Å². The normalized spacial score (nSPS) is 17.5. The molecule has 146 valence electrons. The van der Waals surface area contributed by atoms with Gasteiger partial charge in [0.15, 0.2) is 0 Å². The summed E-state index contributed by atoms with van der Waals surface area (Å²) in [6.07, 6.45) is -3.65. The van der Waals surface area contributed by atoms with Crippen LogP contribution in [-0.4, -0.2) is 48.1 Å². The van der Waals surface area contributed by atoms with Crippen molar-refractivity contribution in [1.82, 2.24) is 9.88 Å². The van der Waals surface area contributed by atoms with Crippen molar-refractivity contribution in [3.05, 3.63) is 40.4 Å². The maximum Gasteiger partial charge on any atom is 0.416 e. The van der Waals surface area contributed by atoms with Gasteiger partial charge in [0.2, 0.25) is 0 Å². The topological polar surface area (TPSA) is 68.5 Å². The van der Waals surface area contributed by atoms with Crippen LogP contribution in [-0.2, 0) is 10.9 Å². The van der Waals surface area contributed by atoms with Crippen LogP contribution in [0.5, 0.6) is 0 Å². The Morgan fingerprint density at radius 1 is 1.37 bits per heavy atom. The molecule has 2 N–H and O–H groups in total. The van der Waals surface area contributed by atoms with Crippen molar-refractivity contribution in [3.8, 4) is 10.6 Å². The lowest BCUT2D eigenvalue weighted by Crippen LogP contribution is -2.31. The zero-order valence-electron chi connectivity index (χ0n) is 14.8. The first-order chi connectivity index (χ1) is 12.8. The number of amides is 1. The first kappa shape index (κ1) is 19.8. The Balaban J connectivity index is 1.74. The summed E-state index contributed by atoms with van der Waals surface area (Å²) in [5, 5.41) is 0.528. The average Bonchev–Trinajstić information content (AvgIpc) is 3.25. The van der Waals surface area contributed by atoms with Crippen molar-refractivity contribution in [3.63, 3.8) is 0 Å². The highest BCUT2D eigenvalue weighted by atomic mass is 32.1. The van der Waals surface area contributed by atoms with Crippen LogP contribution in [0.4, 0.5) is 13.2 Å². The number of nitrogens with two attached hydrogens (primary N) is 1. The van der Waals surface area contributed by atoms with Crippen LogP contribution in [0.25, 0.3) is 10.6 Å². The molecule has 0 aliphatic carbocycles. The molecule has 1 aromatic carbocycles. The zero-order valence-corrected chi connectivity index (χ0v) is 15.6. The SMILES string of the molecule is Cc1sc(-c2ccc(C(F)(F)F)cc2)nc1C(=O)N1CCC(OCCN)C1. The molecule has 1 aliphatic rings. The van der Waals surface area contributed by atoms with E-state index in [0.717, 1.165) is 23.4 Å². The van der Waals surface area contributed by atoms with Gasteiger partial charge in [0.1, 0.15) is 10.7 Å². The molecular formula is C18H20F3N3O2S. The van der Waals surface area contributed by atoms with E-state index < -0.39 is 11.7 Å². The first-order valence-corrected chi connectivity index (χ1v) is 9.37. The maximum absolute atomic E-state index is 12.8. The number of rotatable bonds is 5. The molecule has 1 aromatic heterocycles. The molecule has 1 amide bonds. The third-order valence-corrected chi connectivity index (χ3v) is 5.38. The molecule has 1 fully saturated rings. The number of carbonyl (C=O) groups is 1. The van der Waals surface area contributed by atoms with Crippen LogP contribution in [0.2, 0.25) is 0 Å². The summed E-state index contributed by atoms with van der Waals surface area (Å²) in [7, 11) is 0. The lowest BCUT2D eigenvalue weighted by Gasteiger charge is -2.15. The molecule has 9 heteroatoms. The van der Waals surface area contributed by atoms with Crippen molar-refractivity contribution >= 4 is 17.2 Å². The minimum atomic E-state index is -4.38. The van der Waals surface area contributed by atoms with Crippen molar-refractivity contribution in [2.45, 2.75) is 25.6 Å². The summed E-state index contributed by atoms with van der Waals surface area (Å²) in [4.78, 5) is 19.6. The highest BCUT2D eigenvalue weighted by Gasteiger charge is 2.31. The quantitative estimate of drug-likeness (QED) is 0.838. The predicted octanol–water partition coefficient (Wildman–Crippen LogP) is 3.33. The Kier molecular flexibility index (Phi) is 5.83. The Morgan fingerprint density at radius 3 is 2.70 bits per heavy atom. The third kappa shape index (κ3) is 4.48. The van der Waals surface area contributed by atoms with Gasteiger partial charge in [-0.25, -0.2) is 4.98 Å². The van der Waals surface area contributed by atoms with Gasteiger partial charge in [0, 0.05) is 30.1 Å². The van der Waals surface area contributed by atoms with Crippen molar-refractivity contribution in [1.29, 1.82) is 0 Å². The Bertz CT molecular complexity index is 805. The van der Waals surface area contributed by atoms with Crippen LogP contribution < -0.4 is 5.73 Å². The van der Waals surface area contributed by atoms with Gasteiger partial charge in [-0.15, -0.1) is 11.3 Å². The Morgan fingerprint density at radius 2 is 2.07 bits per heavy atom. The largest absolute Gasteiger partial charge is 0.416 e. The number of aromatic nitrogens is 1. The fourth-order valence-corrected chi connectivity index (χ4v) is 3.86. The summed E-state index contributed by atoms with van der Waals surface area (Å²) >= 11 is 1.29. The highest BCUT2D eigenvalue weighted by Crippen LogP contribution is 2.33. The number of likely N-dealkylation sites (tertiary alicyclic amines) is 1. The summed E-state index contributed by atoms with van der Waals surface area (Å²) < 4.78 is 43.7. The van der Waals surface area contributed by atoms with E-state index in [-0.39, 0.29) is 12.0 Å². The van der Waals surface area contributed by atoms with Gasteiger partial charge in [-0.3, -0.25) is 4.79 Å². The maximum atomic E-state index is 12.8. The average molecular weight is 399 g/mol. The van der Waals surface area contributed by atoms with Crippen LogP contribution in [0.15, 0.2) is 24.3 Å². The van der Waals surface area contributed by atoms with E-state index in [9.17, 15) is 18.0 Å². The fraction of sp³-hybridized carbons (Fsp3) is 0.444. The van der Waals surface area contributed by atoms with E-state index in [1.54, 1.807) is 11.8 Å². The van der Waals surface area contributed by atoms with Gasteiger partial charge < -0.3 is 15.4 Å². The smallest absolute Gasteiger partial charge is 0.375 e. The molecule has 0 bridgehead atoms. The summed E-state index contributed by atoms with van der Waals surface area (Å²) in [6, 6.07) is 4.80. The number of halogens is 3. The second-order valence-corrected chi connectivity index (χ2v) is 7.52. The Hall–Kier alpha value is -1.97. The molecule has 1 atom stereocenters. The van der Waals surface area contributed by atoms with Crippen LogP contribution in [0.3, 0.4) is 0 Å². The standard InChI is InChI=1S/C18H20F3N3O2S/c1-11-15(17(25)24-8-6-14(10-24)26-9-7-22)23-16(27-11)12-2-4-13(5-3-12)18(19,20)21/h2-5,14H,6-10,22H2,1H3. The number of alkyl halides is 3. The van der Waals surface area contributed by atoms with Crippen LogP contribution in [0, 0.1) is 6.92 Å². The van der Waals surface area contributed by atoms with Crippen molar-refractivity contribution in [2.24, 2.45) is 5.73 Å². The molecule has 1 aliphatic heterocycles. The zero-order chi connectivity index (χ0) is 19.6. The molecule has 1 unspecified atom stereocenters. The van der Waals surface area contributed by atoms with E-state index in [0.29, 0.717) is 42.5 Å². The number of hydrogen-bond donors (Lipinski definition) is 1. The summed E-state index contributed by atoms with van der Waals surface area (Å²) in [6.45, 7) is 3.76. The number of carbonyl (C=O) groups excluding carboxylic acids is 1. The van der Waals surface area contributed by atoms with E-state index in [2.05, 4.69) is 4.98 Å². The number of hydrogen-bond acceptors (Lipinski definition) is 5. The summed E-state index contributed by atoms with van der Waals surface area (Å²) in [5.41, 5.74) is 5.61. The monoisotopic (exact) mass is 399 g/mol. The minimum Gasteiger partial charge on any atom is -0.375 e.